The van der Waals surface area contributed by atoms with Gasteiger partial charge in [-0.2, -0.15) is 5.10 Å². The van der Waals surface area contributed by atoms with Crippen LogP contribution in [-0.4, -0.2) is 28.9 Å². The van der Waals surface area contributed by atoms with Crippen LogP contribution in [0.15, 0.2) is 85.2 Å². The van der Waals surface area contributed by atoms with Crippen LogP contribution in [0.2, 0.25) is 0 Å². The lowest BCUT2D eigenvalue weighted by molar-refractivity contribution is 0.0940. The molecule has 0 saturated heterocycles. The fourth-order valence-corrected chi connectivity index (χ4v) is 3.97. The van der Waals surface area contributed by atoms with E-state index in [1.54, 1.807) is 13.3 Å². The standard InChI is InChI=1S/C29H31N3O3/c1-20(2)35-27-15-14-24(18-28(27)34-4)21(3)31-29(33)26-9-6-5-8-25(26)23-12-10-22(11-13-23)19-32-17-7-16-30-32/h5-18,20-21H,19H2,1-4H3,(H,31,33). The van der Waals surface area contributed by atoms with E-state index in [2.05, 4.69) is 22.5 Å². The van der Waals surface area contributed by atoms with Gasteiger partial charge in [0.15, 0.2) is 11.5 Å². The monoisotopic (exact) mass is 469 g/mol. The Morgan fingerprint density at radius 2 is 1.74 bits per heavy atom. The van der Waals surface area contributed by atoms with Gasteiger partial charge in [-0.25, -0.2) is 0 Å². The highest BCUT2D eigenvalue weighted by Crippen LogP contribution is 2.31. The third-order valence-electron chi connectivity index (χ3n) is 5.74. The first-order chi connectivity index (χ1) is 16.9. The normalized spacial score (nSPS) is 11.8. The summed E-state index contributed by atoms with van der Waals surface area (Å²) < 4.78 is 13.2. The Labute approximate surface area is 206 Å². The molecule has 1 heterocycles. The molecule has 0 saturated carbocycles. The number of carbonyl (C=O) groups is 1. The highest BCUT2D eigenvalue weighted by Gasteiger charge is 2.17. The molecule has 0 aliphatic rings. The molecule has 0 spiro atoms. The number of methoxy groups -OCH3 is 1. The van der Waals surface area contributed by atoms with Crippen LogP contribution in [0.4, 0.5) is 0 Å². The Balaban J connectivity index is 1.51. The topological polar surface area (TPSA) is 65.4 Å². The average molecular weight is 470 g/mol. The molecule has 0 fully saturated rings. The van der Waals surface area contributed by atoms with E-state index in [1.165, 1.54) is 0 Å². The fourth-order valence-electron chi connectivity index (χ4n) is 3.97. The van der Waals surface area contributed by atoms with Crippen molar-refractivity contribution >= 4 is 5.91 Å². The van der Waals surface area contributed by atoms with Crippen molar-refractivity contribution in [3.63, 3.8) is 0 Å². The van der Waals surface area contributed by atoms with Crippen LogP contribution >= 0.6 is 0 Å². The van der Waals surface area contributed by atoms with Gasteiger partial charge in [0.1, 0.15) is 0 Å². The summed E-state index contributed by atoms with van der Waals surface area (Å²) in [6.45, 7) is 6.61. The van der Waals surface area contributed by atoms with Crippen LogP contribution in [-0.2, 0) is 6.54 Å². The lowest BCUT2D eigenvalue weighted by atomic mass is 9.97. The summed E-state index contributed by atoms with van der Waals surface area (Å²) in [5.41, 5.74) is 4.59. The predicted octanol–water partition coefficient (Wildman–Crippen LogP) is 5.89. The van der Waals surface area contributed by atoms with Crippen molar-refractivity contribution in [2.24, 2.45) is 0 Å². The lowest BCUT2D eigenvalue weighted by Crippen LogP contribution is -2.27. The maximum Gasteiger partial charge on any atom is 0.252 e. The summed E-state index contributed by atoms with van der Waals surface area (Å²) >= 11 is 0. The third kappa shape index (κ3) is 5.90. The maximum atomic E-state index is 13.3. The van der Waals surface area contributed by atoms with E-state index in [0.29, 0.717) is 23.6 Å². The van der Waals surface area contributed by atoms with Gasteiger partial charge in [-0.3, -0.25) is 9.48 Å². The predicted molar refractivity (Wildman–Crippen MR) is 138 cm³/mol. The molecule has 0 aliphatic heterocycles. The lowest BCUT2D eigenvalue weighted by Gasteiger charge is -2.19. The van der Waals surface area contributed by atoms with Crippen LogP contribution in [0.1, 0.15) is 48.3 Å². The Morgan fingerprint density at radius 1 is 0.971 bits per heavy atom. The van der Waals surface area contributed by atoms with E-state index in [-0.39, 0.29) is 18.1 Å². The highest BCUT2D eigenvalue weighted by atomic mass is 16.5. The second kappa shape index (κ2) is 10.9. The van der Waals surface area contributed by atoms with Gasteiger partial charge in [0.25, 0.3) is 5.91 Å². The Hall–Kier alpha value is -4.06. The molecule has 0 bridgehead atoms. The van der Waals surface area contributed by atoms with Crippen molar-refractivity contribution in [1.82, 2.24) is 15.1 Å². The van der Waals surface area contributed by atoms with Crippen molar-refractivity contribution in [1.29, 1.82) is 0 Å². The Bertz CT molecular complexity index is 1260. The Morgan fingerprint density at radius 3 is 2.43 bits per heavy atom. The van der Waals surface area contributed by atoms with Gasteiger partial charge >= 0.3 is 0 Å². The van der Waals surface area contributed by atoms with E-state index >= 15 is 0 Å². The summed E-state index contributed by atoms with van der Waals surface area (Å²) in [5.74, 6) is 1.20. The molecule has 0 radical (unpaired) electrons. The van der Waals surface area contributed by atoms with Gasteiger partial charge in [-0.05, 0) is 67.3 Å². The zero-order chi connectivity index (χ0) is 24.8. The third-order valence-corrected chi connectivity index (χ3v) is 5.74. The number of nitrogens with zero attached hydrogens (tertiary/aromatic N) is 2. The number of ether oxygens (including phenoxy) is 2. The average Bonchev–Trinajstić information content (AvgIpc) is 3.37. The number of rotatable bonds is 9. The number of benzene rings is 3. The molecule has 1 amide bonds. The minimum absolute atomic E-state index is 0.0444. The molecule has 4 aromatic rings. The number of amides is 1. The van der Waals surface area contributed by atoms with Crippen molar-refractivity contribution in [2.45, 2.75) is 39.5 Å². The fraction of sp³-hybridized carbons (Fsp3) is 0.241. The van der Waals surface area contributed by atoms with Crippen LogP contribution in [0.5, 0.6) is 11.5 Å². The van der Waals surface area contributed by atoms with Crippen LogP contribution < -0.4 is 14.8 Å². The second-order valence-corrected chi connectivity index (χ2v) is 8.72. The quantitative estimate of drug-likeness (QED) is 0.332. The molecule has 6 heteroatoms. The summed E-state index contributed by atoms with van der Waals surface area (Å²) in [7, 11) is 1.62. The van der Waals surface area contributed by atoms with Gasteiger partial charge in [0, 0.05) is 18.0 Å². The van der Waals surface area contributed by atoms with Crippen molar-refractivity contribution in [3.8, 4) is 22.6 Å². The van der Waals surface area contributed by atoms with Crippen LogP contribution in [0.3, 0.4) is 0 Å². The number of carbonyl (C=O) groups excluding carboxylic acids is 1. The molecule has 1 aromatic heterocycles. The summed E-state index contributed by atoms with van der Waals surface area (Å²) in [6, 6.07) is 23.3. The molecular weight excluding hydrogens is 438 g/mol. The first-order valence-corrected chi connectivity index (χ1v) is 11.8. The molecule has 1 atom stereocenters. The van der Waals surface area contributed by atoms with E-state index < -0.39 is 0 Å². The van der Waals surface area contributed by atoms with Crippen molar-refractivity contribution in [3.05, 3.63) is 102 Å². The first-order valence-electron chi connectivity index (χ1n) is 11.8. The molecular formula is C29H31N3O3. The molecule has 3 aromatic carbocycles. The SMILES string of the molecule is COc1cc(C(C)NC(=O)c2ccccc2-c2ccc(Cn3cccn3)cc2)ccc1OC(C)C. The van der Waals surface area contributed by atoms with Gasteiger partial charge < -0.3 is 14.8 Å². The van der Waals surface area contributed by atoms with E-state index in [1.807, 2.05) is 92.3 Å². The molecule has 1 N–H and O–H groups in total. The molecule has 35 heavy (non-hydrogen) atoms. The van der Waals surface area contributed by atoms with Gasteiger partial charge in [-0.1, -0.05) is 48.5 Å². The van der Waals surface area contributed by atoms with E-state index in [0.717, 1.165) is 22.3 Å². The van der Waals surface area contributed by atoms with Crippen molar-refractivity contribution in [2.75, 3.05) is 7.11 Å². The maximum absolute atomic E-state index is 13.3. The van der Waals surface area contributed by atoms with Gasteiger partial charge in [0.2, 0.25) is 0 Å². The number of aromatic nitrogens is 2. The molecule has 4 rings (SSSR count). The van der Waals surface area contributed by atoms with Gasteiger partial charge in [0.05, 0.1) is 25.8 Å². The number of hydrogen-bond acceptors (Lipinski definition) is 4. The summed E-state index contributed by atoms with van der Waals surface area (Å²) in [6.07, 6.45) is 3.76. The summed E-state index contributed by atoms with van der Waals surface area (Å²) in [5, 5.41) is 7.39. The van der Waals surface area contributed by atoms with Crippen LogP contribution in [0.25, 0.3) is 11.1 Å². The highest BCUT2D eigenvalue weighted by molar-refractivity contribution is 6.01. The minimum atomic E-state index is -0.214. The molecule has 180 valence electrons. The number of nitrogens with one attached hydrogen (secondary N) is 1. The molecule has 0 aliphatic carbocycles. The molecule has 1 unspecified atom stereocenters. The van der Waals surface area contributed by atoms with Gasteiger partial charge in [-0.15, -0.1) is 0 Å². The summed E-state index contributed by atoms with van der Waals surface area (Å²) in [4.78, 5) is 13.3. The number of hydrogen-bond donors (Lipinski definition) is 1. The zero-order valence-corrected chi connectivity index (χ0v) is 20.6. The first kappa shape index (κ1) is 24.1. The second-order valence-electron chi connectivity index (χ2n) is 8.72. The zero-order valence-electron chi connectivity index (χ0n) is 20.6. The Kier molecular flexibility index (Phi) is 7.51. The smallest absolute Gasteiger partial charge is 0.252 e. The minimum Gasteiger partial charge on any atom is -0.493 e. The molecule has 6 nitrogen and oxygen atoms in total. The van der Waals surface area contributed by atoms with Crippen LogP contribution in [0, 0.1) is 0 Å². The van der Waals surface area contributed by atoms with E-state index in [9.17, 15) is 4.79 Å². The van der Waals surface area contributed by atoms with E-state index in [4.69, 9.17) is 9.47 Å². The van der Waals surface area contributed by atoms with Crippen molar-refractivity contribution < 1.29 is 14.3 Å². The largest absolute Gasteiger partial charge is 0.493 e.